The zero-order chi connectivity index (χ0) is 22.5. The second kappa shape index (κ2) is 9.48. The summed E-state index contributed by atoms with van der Waals surface area (Å²) in [6.07, 6.45) is 8.30. The maximum Gasteiger partial charge on any atom is 0.173 e. The van der Waals surface area contributed by atoms with E-state index >= 15 is 0 Å². The van der Waals surface area contributed by atoms with Crippen molar-refractivity contribution in [3.63, 3.8) is 0 Å². The maximum atomic E-state index is 11.4. The Labute approximate surface area is 188 Å². The minimum atomic E-state index is 0.0867. The SMILES string of the molecule is CC(=O)c1ccc(C[n+]2ccc(-c3cc[n+](Cc4ccc(C(C)=O)cc4)cc3)cc2)cc1. The number of carbonyl (C=O) groups is 2. The summed E-state index contributed by atoms with van der Waals surface area (Å²) in [5, 5.41) is 0. The smallest absolute Gasteiger partial charge is 0.173 e. The van der Waals surface area contributed by atoms with Gasteiger partial charge in [-0.3, -0.25) is 9.59 Å². The number of pyridine rings is 2. The summed E-state index contributed by atoms with van der Waals surface area (Å²) >= 11 is 0. The summed E-state index contributed by atoms with van der Waals surface area (Å²) in [5.41, 5.74) is 6.11. The van der Waals surface area contributed by atoms with Gasteiger partial charge in [0.25, 0.3) is 0 Å². The third kappa shape index (κ3) is 5.22. The van der Waals surface area contributed by atoms with Crippen LogP contribution in [0.5, 0.6) is 0 Å². The quantitative estimate of drug-likeness (QED) is 0.327. The number of nitrogens with zero attached hydrogens (tertiary/aromatic N) is 2. The van der Waals surface area contributed by atoms with Crippen LogP contribution in [-0.4, -0.2) is 11.6 Å². The fourth-order valence-corrected chi connectivity index (χ4v) is 3.62. The number of hydrogen-bond acceptors (Lipinski definition) is 2. The molecule has 0 unspecified atom stereocenters. The molecule has 4 heteroatoms. The Morgan fingerprint density at radius 1 is 0.531 bits per heavy atom. The van der Waals surface area contributed by atoms with E-state index in [0.717, 1.165) is 46.5 Å². The molecule has 0 aliphatic carbocycles. The standard InChI is InChI=1S/C28H26N2O2/c1-21(31)25-7-3-23(4-8-25)19-29-15-11-27(12-16-29)28-13-17-30(18-14-28)20-24-5-9-26(10-6-24)22(2)32/h3-18H,19-20H2,1-2H3/q+2. The van der Waals surface area contributed by atoms with Crippen molar-refractivity contribution in [1.82, 2.24) is 0 Å². The summed E-state index contributed by atoms with van der Waals surface area (Å²) in [6, 6.07) is 24.0. The second-order valence-electron chi connectivity index (χ2n) is 8.02. The predicted octanol–water partition coefficient (Wildman–Crippen LogP) is 4.43. The average Bonchev–Trinajstić information content (AvgIpc) is 2.81. The topological polar surface area (TPSA) is 41.9 Å². The fourth-order valence-electron chi connectivity index (χ4n) is 3.62. The molecule has 0 saturated heterocycles. The van der Waals surface area contributed by atoms with Crippen molar-refractivity contribution >= 4 is 11.6 Å². The van der Waals surface area contributed by atoms with E-state index in [0.29, 0.717) is 0 Å². The summed E-state index contributed by atoms with van der Waals surface area (Å²) in [4.78, 5) is 22.8. The number of aromatic nitrogens is 2. The monoisotopic (exact) mass is 422 g/mol. The van der Waals surface area contributed by atoms with Crippen LogP contribution in [0, 0.1) is 0 Å². The van der Waals surface area contributed by atoms with Crippen molar-refractivity contribution in [3.05, 3.63) is 120 Å². The van der Waals surface area contributed by atoms with Crippen LogP contribution in [0.15, 0.2) is 97.6 Å². The molecule has 4 nitrogen and oxygen atoms in total. The van der Waals surface area contributed by atoms with Gasteiger partial charge in [0, 0.05) is 46.5 Å². The molecule has 4 rings (SSSR count). The Balaban J connectivity index is 1.40. The molecule has 0 N–H and O–H groups in total. The van der Waals surface area contributed by atoms with E-state index < -0.39 is 0 Å². The lowest BCUT2D eigenvalue weighted by atomic mass is 10.1. The average molecular weight is 423 g/mol. The number of ketones is 2. The number of hydrogen-bond donors (Lipinski definition) is 0. The van der Waals surface area contributed by atoms with E-state index in [4.69, 9.17) is 0 Å². The Kier molecular flexibility index (Phi) is 6.31. The van der Waals surface area contributed by atoms with Crippen LogP contribution in [0.4, 0.5) is 0 Å². The third-order valence-corrected chi connectivity index (χ3v) is 5.57. The van der Waals surface area contributed by atoms with Crippen LogP contribution in [0.2, 0.25) is 0 Å². The lowest BCUT2D eigenvalue weighted by Crippen LogP contribution is -2.33. The van der Waals surface area contributed by atoms with Crippen molar-refractivity contribution in [3.8, 4) is 11.1 Å². The van der Waals surface area contributed by atoms with Crippen LogP contribution in [0.1, 0.15) is 45.7 Å². The van der Waals surface area contributed by atoms with Gasteiger partial charge in [-0.15, -0.1) is 0 Å². The predicted molar refractivity (Wildman–Crippen MR) is 123 cm³/mol. The molecule has 0 atom stereocenters. The van der Waals surface area contributed by atoms with Gasteiger partial charge in [-0.2, -0.15) is 0 Å². The molecular formula is C28H26N2O2+2. The third-order valence-electron chi connectivity index (χ3n) is 5.57. The molecule has 4 aromatic rings. The van der Waals surface area contributed by atoms with Crippen molar-refractivity contribution in [2.45, 2.75) is 26.9 Å². The minimum absolute atomic E-state index is 0.0867. The van der Waals surface area contributed by atoms with Gasteiger partial charge in [0.1, 0.15) is 0 Å². The van der Waals surface area contributed by atoms with Gasteiger partial charge >= 0.3 is 0 Å². The second-order valence-corrected chi connectivity index (χ2v) is 8.02. The molecule has 0 bridgehead atoms. The minimum Gasteiger partial charge on any atom is -0.295 e. The van der Waals surface area contributed by atoms with Crippen molar-refractivity contribution in [1.29, 1.82) is 0 Å². The molecule has 0 radical (unpaired) electrons. The summed E-state index contributed by atoms with van der Waals surface area (Å²) in [6.45, 7) is 4.69. The lowest BCUT2D eigenvalue weighted by Gasteiger charge is -2.03. The van der Waals surface area contributed by atoms with Crippen LogP contribution < -0.4 is 9.13 Å². The number of carbonyl (C=O) groups excluding carboxylic acids is 2. The van der Waals surface area contributed by atoms with Crippen LogP contribution in [0.25, 0.3) is 11.1 Å². The van der Waals surface area contributed by atoms with Crippen LogP contribution in [0.3, 0.4) is 0 Å². The molecule has 2 aromatic carbocycles. The van der Waals surface area contributed by atoms with Crippen molar-refractivity contribution < 1.29 is 18.7 Å². The molecule has 2 heterocycles. The maximum absolute atomic E-state index is 11.4. The first-order valence-electron chi connectivity index (χ1n) is 10.7. The van der Waals surface area contributed by atoms with E-state index in [-0.39, 0.29) is 11.6 Å². The molecule has 0 spiro atoms. The zero-order valence-electron chi connectivity index (χ0n) is 18.4. The molecular weight excluding hydrogens is 396 g/mol. The van der Waals surface area contributed by atoms with E-state index in [9.17, 15) is 9.59 Å². The summed E-state index contributed by atoms with van der Waals surface area (Å²) in [5.74, 6) is 0.173. The van der Waals surface area contributed by atoms with Crippen molar-refractivity contribution in [2.24, 2.45) is 0 Å². The number of rotatable bonds is 7. The van der Waals surface area contributed by atoms with Gasteiger partial charge < -0.3 is 0 Å². The normalized spacial score (nSPS) is 10.7. The summed E-state index contributed by atoms with van der Waals surface area (Å²) in [7, 11) is 0. The lowest BCUT2D eigenvalue weighted by molar-refractivity contribution is -0.688. The number of benzene rings is 2. The first kappa shape index (κ1) is 21.3. The van der Waals surface area contributed by atoms with Crippen LogP contribution in [-0.2, 0) is 13.1 Å². The van der Waals surface area contributed by atoms with Gasteiger partial charge in [0.2, 0.25) is 0 Å². The fraction of sp³-hybridized carbons (Fsp3) is 0.143. The van der Waals surface area contributed by atoms with Crippen molar-refractivity contribution in [2.75, 3.05) is 0 Å². The largest absolute Gasteiger partial charge is 0.295 e. The van der Waals surface area contributed by atoms with Gasteiger partial charge in [-0.1, -0.05) is 48.5 Å². The van der Waals surface area contributed by atoms with Gasteiger partial charge in [-0.25, -0.2) is 9.13 Å². The van der Waals surface area contributed by atoms with Gasteiger partial charge in [0.05, 0.1) is 0 Å². The molecule has 2 aromatic heterocycles. The highest BCUT2D eigenvalue weighted by Crippen LogP contribution is 2.16. The highest BCUT2D eigenvalue weighted by atomic mass is 16.1. The molecule has 0 aliphatic heterocycles. The summed E-state index contributed by atoms with van der Waals surface area (Å²) < 4.78 is 4.25. The highest BCUT2D eigenvalue weighted by Gasteiger charge is 2.08. The Bertz CT molecular complexity index is 1120. The molecule has 158 valence electrons. The molecule has 32 heavy (non-hydrogen) atoms. The molecule has 0 saturated carbocycles. The first-order valence-corrected chi connectivity index (χ1v) is 10.7. The van der Waals surface area contributed by atoms with Gasteiger partial charge in [0.15, 0.2) is 49.4 Å². The zero-order valence-corrected chi connectivity index (χ0v) is 18.4. The van der Waals surface area contributed by atoms with E-state index in [1.165, 1.54) is 0 Å². The number of Topliss-reactive ketones (excluding diaryl/α,β-unsaturated/α-hetero) is 2. The first-order chi connectivity index (χ1) is 15.5. The Morgan fingerprint density at radius 2 is 0.844 bits per heavy atom. The Morgan fingerprint density at radius 3 is 1.12 bits per heavy atom. The molecule has 0 amide bonds. The Hall–Kier alpha value is -3.92. The molecule has 0 aliphatic rings. The van der Waals surface area contributed by atoms with Crippen LogP contribution >= 0.6 is 0 Å². The highest BCUT2D eigenvalue weighted by molar-refractivity contribution is 5.94. The van der Waals surface area contributed by atoms with E-state index in [1.807, 2.05) is 48.5 Å². The molecule has 0 fully saturated rings. The van der Waals surface area contributed by atoms with E-state index in [1.54, 1.807) is 13.8 Å². The van der Waals surface area contributed by atoms with E-state index in [2.05, 4.69) is 58.2 Å². The van der Waals surface area contributed by atoms with Gasteiger partial charge in [-0.05, 0) is 25.0 Å².